The number of Topliss-reactive ketones (excluding diaryl/α,β-unsaturated/α-hetero) is 2. The number of benzene rings is 1. The van der Waals surface area contributed by atoms with Crippen LogP contribution in [0, 0.1) is 0 Å². The first-order valence-corrected chi connectivity index (χ1v) is 5.56. The van der Waals surface area contributed by atoms with Crippen LogP contribution in [0.5, 0.6) is 11.5 Å². The number of aliphatic hydroxyl groups is 1. The van der Waals surface area contributed by atoms with E-state index in [0.29, 0.717) is 0 Å². The predicted octanol–water partition coefficient (Wildman–Crippen LogP) is 1.11. The van der Waals surface area contributed by atoms with Gasteiger partial charge >= 0.3 is 0 Å². The van der Waals surface area contributed by atoms with Crippen molar-refractivity contribution in [3.63, 3.8) is 0 Å². The second kappa shape index (κ2) is 3.81. The van der Waals surface area contributed by atoms with Gasteiger partial charge in [0.05, 0.1) is 17.1 Å². The van der Waals surface area contributed by atoms with Gasteiger partial charge < -0.3 is 15.3 Å². The van der Waals surface area contributed by atoms with E-state index in [1.807, 2.05) is 0 Å². The van der Waals surface area contributed by atoms with Crippen molar-refractivity contribution in [1.29, 1.82) is 0 Å². The largest absolute Gasteiger partial charge is 0.508 e. The van der Waals surface area contributed by atoms with Gasteiger partial charge in [0.2, 0.25) is 0 Å². The van der Waals surface area contributed by atoms with E-state index in [0.717, 1.165) is 6.07 Å². The Morgan fingerprint density at radius 2 is 2.00 bits per heavy atom. The van der Waals surface area contributed by atoms with Gasteiger partial charge in [-0.3, -0.25) is 9.59 Å². The molecule has 1 aromatic carbocycles. The molecule has 2 atom stereocenters. The van der Waals surface area contributed by atoms with Gasteiger partial charge in [-0.2, -0.15) is 0 Å². The van der Waals surface area contributed by atoms with E-state index in [1.165, 1.54) is 19.9 Å². The van der Waals surface area contributed by atoms with Crippen LogP contribution < -0.4 is 0 Å². The minimum absolute atomic E-state index is 0.0134. The molecule has 5 heteroatoms. The van der Waals surface area contributed by atoms with Crippen molar-refractivity contribution in [3.8, 4) is 11.5 Å². The van der Waals surface area contributed by atoms with E-state index in [4.69, 9.17) is 0 Å². The monoisotopic (exact) mass is 250 g/mol. The van der Waals surface area contributed by atoms with Crippen LogP contribution in [0.4, 0.5) is 0 Å². The molecule has 0 bridgehead atoms. The molecular weight excluding hydrogens is 236 g/mol. The Morgan fingerprint density at radius 3 is 2.56 bits per heavy atom. The van der Waals surface area contributed by atoms with Gasteiger partial charge in [0.25, 0.3) is 0 Å². The molecule has 0 fully saturated rings. The average molecular weight is 250 g/mol. The average Bonchev–Trinajstić information content (AvgIpc) is 2.11. The third-order valence-corrected chi connectivity index (χ3v) is 3.27. The van der Waals surface area contributed by atoms with Gasteiger partial charge in [-0.15, -0.1) is 0 Å². The van der Waals surface area contributed by atoms with E-state index >= 15 is 0 Å². The number of rotatable bonds is 1. The summed E-state index contributed by atoms with van der Waals surface area (Å²) in [6.07, 6.45) is -0.234. The lowest BCUT2D eigenvalue weighted by Gasteiger charge is -2.36. The quantitative estimate of drug-likeness (QED) is 0.694. The number of fused-ring (bicyclic) bond motifs is 1. The Morgan fingerprint density at radius 1 is 1.39 bits per heavy atom. The highest BCUT2D eigenvalue weighted by Gasteiger charge is 2.45. The summed E-state index contributed by atoms with van der Waals surface area (Å²) in [7, 11) is 0. The number of carbonyl (C=O) groups is 2. The molecule has 0 saturated carbocycles. The fourth-order valence-corrected chi connectivity index (χ4v) is 2.67. The van der Waals surface area contributed by atoms with Crippen LogP contribution >= 0.6 is 0 Å². The number of ketones is 2. The molecular formula is C13H14O5. The maximum atomic E-state index is 11.9. The van der Waals surface area contributed by atoms with Gasteiger partial charge in [-0.05, 0) is 25.5 Å². The van der Waals surface area contributed by atoms with Crippen molar-refractivity contribution < 1.29 is 24.9 Å². The highest BCUT2D eigenvalue weighted by molar-refractivity contribution is 6.05. The highest BCUT2D eigenvalue weighted by atomic mass is 16.3. The number of carbonyl (C=O) groups excluding carboxylic acids is 2. The summed E-state index contributed by atoms with van der Waals surface area (Å²) < 4.78 is 0. The molecule has 3 N–H and O–H groups in total. The third kappa shape index (κ3) is 1.76. The predicted molar refractivity (Wildman–Crippen MR) is 62.8 cm³/mol. The summed E-state index contributed by atoms with van der Waals surface area (Å²) in [5.41, 5.74) is -1.31. The molecule has 0 heterocycles. The maximum absolute atomic E-state index is 11.9. The molecule has 96 valence electrons. The van der Waals surface area contributed by atoms with Crippen LogP contribution in [0.3, 0.4) is 0 Å². The number of phenols is 2. The molecule has 0 aromatic heterocycles. The minimum Gasteiger partial charge on any atom is -0.508 e. The normalized spacial score (nSPS) is 26.8. The molecule has 1 aromatic rings. The standard InChI is InChI=1S/C13H14O5/c1-6(14)12-8-3-7(15)4-9(16)11(8)10(17)5-13(12,2)18/h3-4,12,15-16,18H,5H2,1-2H3/t12-,13+/m0/s1. The summed E-state index contributed by atoms with van der Waals surface area (Å²) in [5.74, 6) is -2.30. The Balaban J connectivity index is 2.75. The number of aromatic hydroxyl groups is 2. The lowest BCUT2D eigenvalue weighted by atomic mass is 9.70. The number of hydrogen-bond donors (Lipinski definition) is 3. The van der Waals surface area contributed by atoms with E-state index < -0.39 is 17.3 Å². The first-order valence-electron chi connectivity index (χ1n) is 5.56. The van der Waals surface area contributed by atoms with Crippen molar-refractivity contribution >= 4 is 11.6 Å². The van der Waals surface area contributed by atoms with Gasteiger partial charge in [0.15, 0.2) is 5.78 Å². The molecule has 0 aliphatic heterocycles. The zero-order valence-corrected chi connectivity index (χ0v) is 10.1. The van der Waals surface area contributed by atoms with Crippen molar-refractivity contribution in [2.45, 2.75) is 31.8 Å². The van der Waals surface area contributed by atoms with E-state index in [1.54, 1.807) is 0 Å². The van der Waals surface area contributed by atoms with Gasteiger partial charge in [0, 0.05) is 12.5 Å². The first kappa shape index (κ1) is 12.6. The molecule has 0 amide bonds. The third-order valence-electron chi connectivity index (χ3n) is 3.27. The molecule has 1 aliphatic carbocycles. The van der Waals surface area contributed by atoms with Crippen molar-refractivity contribution in [1.82, 2.24) is 0 Å². The Labute approximate surface area is 104 Å². The summed E-state index contributed by atoms with van der Waals surface area (Å²) in [6.45, 7) is 2.71. The van der Waals surface area contributed by atoms with E-state index in [2.05, 4.69) is 0 Å². The van der Waals surface area contributed by atoms with Crippen molar-refractivity contribution in [2.24, 2.45) is 0 Å². The number of phenolic OH excluding ortho intramolecular Hbond substituents is 2. The smallest absolute Gasteiger partial charge is 0.169 e. The minimum atomic E-state index is -1.50. The topological polar surface area (TPSA) is 94.8 Å². The SMILES string of the molecule is CC(=O)[C@H]1c2cc(O)cc(O)c2C(=O)C[C@@]1(C)O. The summed E-state index contributed by atoms with van der Waals surface area (Å²) in [5, 5.41) is 29.4. The molecule has 1 aliphatic rings. The van der Waals surface area contributed by atoms with Crippen LogP contribution in [0.25, 0.3) is 0 Å². The molecule has 0 spiro atoms. The molecule has 5 nitrogen and oxygen atoms in total. The second-order valence-electron chi connectivity index (χ2n) is 4.93. The van der Waals surface area contributed by atoms with E-state index in [9.17, 15) is 24.9 Å². The molecule has 0 saturated heterocycles. The van der Waals surface area contributed by atoms with Crippen LogP contribution in [-0.4, -0.2) is 32.5 Å². The van der Waals surface area contributed by atoms with Crippen molar-refractivity contribution in [3.05, 3.63) is 23.3 Å². The lowest BCUT2D eigenvalue weighted by molar-refractivity contribution is -0.124. The summed E-state index contributed by atoms with van der Waals surface area (Å²) in [4.78, 5) is 23.6. The zero-order valence-electron chi connectivity index (χ0n) is 10.1. The second-order valence-corrected chi connectivity index (χ2v) is 4.93. The van der Waals surface area contributed by atoms with Gasteiger partial charge in [-0.1, -0.05) is 0 Å². The Hall–Kier alpha value is -1.88. The molecule has 0 radical (unpaired) electrons. The van der Waals surface area contributed by atoms with Gasteiger partial charge in [0.1, 0.15) is 17.3 Å². The first-order chi connectivity index (χ1) is 8.24. The van der Waals surface area contributed by atoms with Crippen LogP contribution in [-0.2, 0) is 4.79 Å². The molecule has 0 unspecified atom stereocenters. The van der Waals surface area contributed by atoms with Crippen LogP contribution in [0.1, 0.15) is 42.1 Å². The maximum Gasteiger partial charge on any atom is 0.169 e. The van der Waals surface area contributed by atoms with Crippen LogP contribution in [0.2, 0.25) is 0 Å². The Bertz CT molecular complexity index is 545. The highest BCUT2D eigenvalue weighted by Crippen LogP contribution is 2.44. The van der Waals surface area contributed by atoms with E-state index in [-0.39, 0.29) is 34.8 Å². The fourth-order valence-electron chi connectivity index (χ4n) is 2.67. The summed E-state index contributed by atoms with van der Waals surface area (Å²) in [6, 6.07) is 2.29. The lowest BCUT2D eigenvalue weighted by Crippen LogP contribution is -2.43. The molecule has 18 heavy (non-hydrogen) atoms. The Kier molecular flexibility index (Phi) is 2.66. The van der Waals surface area contributed by atoms with Gasteiger partial charge in [-0.25, -0.2) is 0 Å². The zero-order chi connectivity index (χ0) is 13.7. The van der Waals surface area contributed by atoms with Crippen molar-refractivity contribution in [2.75, 3.05) is 0 Å². The fraction of sp³-hybridized carbons (Fsp3) is 0.385. The number of hydrogen-bond acceptors (Lipinski definition) is 5. The molecule has 2 rings (SSSR count). The summed E-state index contributed by atoms with van der Waals surface area (Å²) >= 11 is 0. The van der Waals surface area contributed by atoms with Crippen LogP contribution in [0.15, 0.2) is 12.1 Å².